The van der Waals surface area contributed by atoms with Gasteiger partial charge in [0.05, 0.1) is 16.6 Å². The summed E-state index contributed by atoms with van der Waals surface area (Å²) >= 11 is 0. The number of hydrogen-bond acceptors (Lipinski definition) is 5. The van der Waals surface area contributed by atoms with Crippen LogP contribution < -0.4 is 4.90 Å². The van der Waals surface area contributed by atoms with Crippen LogP contribution in [-0.4, -0.2) is 17.0 Å². The van der Waals surface area contributed by atoms with Crippen molar-refractivity contribution in [1.82, 2.24) is 4.98 Å². The highest BCUT2D eigenvalue weighted by Gasteiger charge is 2.14. The van der Waals surface area contributed by atoms with Gasteiger partial charge in [-0.3, -0.25) is 10.1 Å². The summed E-state index contributed by atoms with van der Waals surface area (Å²) in [5.41, 5.74) is 1.99. The van der Waals surface area contributed by atoms with Gasteiger partial charge in [0.15, 0.2) is 0 Å². The van der Waals surface area contributed by atoms with E-state index in [2.05, 4.69) is 11.1 Å². The van der Waals surface area contributed by atoms with Gasteiger partial charge >= 0.3 is 0 Å². The van der Waals surface area contributed by atoms with Crippen LogP contribution in [0.2, 0.25) is 0 Å². The van der Waals surface area contributed by atoms with Gasteiger partial charge in [-0.15, -0.1) is 0 Å². The Morgan fingerprint density at radius 1 is 1.35 bits per heavy atom. The first-order valence-corrected chi connectivity index (χ1v) is 5.88. The maximum atomic E-state index is 10.8. The molecule has 6 heteroatoms. The van der Waals surface area contributed by atoms with Gasteiger partial charge in [-0.25, -0.2) is 4.98 Å². The molecule has 0 unspecified atom stereocenters. The van der Waals surface area contributed by atoms with Crippen molar-refractivity contribution in [3.8, 4) is 6.07 Å². The highest BCUT2D eigenvalue weighted by atomic mass is 16.6. The van der Waals surface area contributed by atoms with Gasteiger partial charge in [0.25, 0.3) is 5.69 Å². The third-order valence-corrected chi connectivity index (χ3v) is 2.99. The summed E-state index contributed by atoms with van der Waals surface area (Å²) in [5.74, 6) is 0.609. The van der Waals surface area contributed by atoms with E-state index in [4.69, 9.17) is 5.26 Å². The minimum Gasteiger partial charge on any atom is -0.329 e. The molecule has 20 heavy (non-hydrogen) atoms. The Balaban J connectivity index is 2.33. The van der Waals surface area contributed by atoms with E-state index in [-0.39, 0.29) is 5.69 Å². The minimum atomic E-state index is -0.451. The molecule has 1 aromatic heterocycles. The Kier molecular flexibility index (Phi) is 3.62. The average Bonchev–Trinajstić information content (AvgIpc) is 2.46. The Morgan fingerprint density at radius 2 is 2.00 bits per heavy atom. The maximum Gasteiger partial charge on any atom is 0.290 e. The van der Waals surface area contributed by atoms with E-state index in [1.807, 2.05) is 7.05 Å². The molecular formula is C14H12N4O2. The second kappa shape index (κ2) is 5.36. The molecule has 0 saturated carbocycles. The molecule has 0 atom stereocenters. The predicted molar refractivity (Wildman–Crippen MR) is 74.8 cm³/mol. The minimum absolute atomic E-state index is 0.00183. The van der Waals surface area contributed by atoms with E-state index in [1.165, 1.54) is 6.20 Å². The van der Waals surface area contributed by atoms with E-state index in [0.29, 0.717) is 16.9 Å². The second-order valence-electron chi connectivity index (χ2n) is 4.30. The smallest absolute Gasteiger partial charge is 0.290 e. The van der Waals surface area contributed by atoms with Gasteiger partial charge < -0.3 is 4.90 Å². The van der Waals surface area contributed by atoms with Crippen LogP contribution in [0.15, 0.2) is 36.5 Å². The zero-order valence-corrected chi connectivity index (χ0v) is 11.1. The Bertz CT molecular complexity index is 689. The van der Waals surface area contributed by atoms with E-state index in [0.717, 1.165) is 5.69 Å². The molecule has 100 valence electrons. The van der Waals surface area contributed by atoms with Crippen LogP contribution in [0, 0.1) is 28.4 Å². The Morgan fingerprint density at radius 3 is 2.50 bits per heavy atom. The molecule has 2 aromatic rings. The molecule has 0 saturated heterocycles. The maximum absolute atomic E-state index is 10.8. The lowest BCUT2D eigenvalue weighted by molar-refractivity contribution is -0.385. The molecular weight excluding hydrogens is 256 g/mol. The first-order valence-electron chi connectivity index (χ1n) is 5.88. The van der Waals surface area contributed by atoms with Crippen LogP contribution in [0.4, 0.5) is 17.2 Å². The van der Waals surface area contributed by atoms with Crippen LogP contribution in [0.25, 0.3) is 0 Å². The molecule has 6 nitrogen and oxygen atoms in total. The molecule has 0 spiro atoms. The lowest BCUT2D eigenvalue weighted by atomic mass is 10.2. The average molecular weight is 268 g/mol. The van der Waals surface area contributed by atoms with Gasteiger partial charge in [-0.2, -0.15) is 5.26 Å². The summed E-state index contributed by atoms with van der Waals surface area (Å²) in [6, 6.07) is 10.7. The van der Waals surface area contributed by atoms with E-state index in [1.54, 1.807) is 42.2 Å². The first-order chi connectivity index (χ1) is 9.52. The number of nitrogens with zero attached hydrogens (tertiary/aromatic N) is 4. The number of pyridine rings is 1. The summed E-state index contributed by atoms with van der Waals surface area (Å²) in [6.07, 6.45) is 1.25. The van der Waals surface area contributed by atoms with E-state index in [9.17, 15) is 10.1 Å². The molecule has 0 N–H and O–H groups in total. The van der Waals surface area contributed by atoms with Crippen molar-refractivity contribution in [3.05, 3.63) is 57.8 Å². The number of benzene rings is 1. The molecule has 0 aliphatic heterocycles. The van der Waals surface area contributed by atoms with Crippen molar-refractivity contribution < 1.29 is 4.92 Å². The molecule has 0 aliphatic rings. The van der Waals surface area contributed by atoms with Crippen LogP contribution in [0.3, 0.4) is 0 Å². The molecule has 0 bridgehead atoms. The van der Waals surface area contributed by atoms with Crippen molar-refractivity contribution in [1.29, 1.82) is 5.26 Å². The number of aromatic nitrogens is 1. The van der Waals surface area contributed by atoms with Gasteiger partial charge in [0.2, 0.25) is 0 Å². The van der Waals surface area contributed by atoms with Crippen LogP contribution in [-0.2, 0) is 0 Å². The summed E-state index contributed by atoms with van der Waals surface area (Å²) in [4.78, 5) is 16.2. The molecule has 1 heterocycles. The van der Waals surface area contributed by atoms with Crippen LogP contribution >= 0.6 is 0 Å². The van der Waals surface area contributed by atoms with Gasteiger partial charge in [0.1, 0.15) is 12.0 Å². The lowest BCUT2D eigenvalue weighted by Gasteiger charge is -2.18. The summed E-state index contributed by atoms with van der Waals surface area (Å²) < 4.78 is 0. The highest BCUT2D eigenvalue weighted by molar-refractivity contribution is 5.61. The van der Waals surface area contributed by atoms with Crippen molar-refractivity contribution in [2.75, 3.05) is 11.9 Å². The molecule has 0 aliphatic carbocycles. The molecule has 1 aromatic carbocycles. The highest BCUT2D eigenvalue weighted by Crippen LogP contribution is 2.25. The standard InChI is InChI=1S/C14H12N4O2/c1-10-7-14(16-9-13(10)18(19)20)17(2)12-5-3-11(8-15)4-6-12/h3-7,9H,1-2H3. The first kappa shape index (κ1) is 13.5. The topological polar surface area (TPSA) is 83.1 Å². The van der Waals surface area contributed by atoms with Gasteiger partial charge in [-0.05, 0) is 37.3 Å². The van der Waals surface area contributed by atoms with Crippen molar-refractivity contribution in [2.45, 2.75) is 6.92 Å². The summed E-state index contributed by atoms with van der Waals surface area (Å²) in [7, 11) is 1.81. The number of rotatable bonds is 3. The fraction of sp³-hybridized carbons (Fsp3) is 0.143. The van der Waals surface area contributed by atoms with Crippen molar-refractivity contribution in [3.63, 3.8) is 0 Å². The number of nitriles is 1. The monoisotopic (exact) mass is 268 g/mol. The number of aryl methyl sites for hydroxylation is 1. The number of nitro groups is 1. The zero-order valence-electron chi connectivity index (χ0n) is 11.1. The van der Waals surface area contributed by atoms with Crippen LogP contribution in [0.5, 0.6) is 0 Å². The lowest BCUT2D eigenvalue weighted by Crippen LogP contribution is -2.11. The fourth-order valence-electron chi connectivity index (χ4n) is 1.80. The summed E-state index contributed by atoms with van der Waals surface area (Å²) in [6.45, 7) is 1.68. The Hall–Kier alpha value is -2.94. The second-order valence-corrected chi connectivity index (χ2v) is 4.30. The molecule has 0 radical (unpaired) electrons. The zero-order chi connectivity index (χ0) is 14.7. The van der Waals surface area contributed by atoms with E-state index >= 15 is 0 Å². The molecule has 0 fully saturated rings. The normalized spacial score (nSPS) is 9.85. The van der Waals surface area contributed by atoms with Gasteiger partial charge in [-0.1, -0.05) is 0 Å². The largest absolute Gasteiger partial charge is 0.329 e. The fourth-order valence-corrected chi connectivity index (χ4v) is 1.80. The molecule has 2 rings (SSSR count). The third-order valence-electron chi connectivity index (χ3n) is 2.99. The SMILES string of the molecule is Cc1cc(N(C)c2ccc(C#N)cc2)ncc1[N+](=O)[O-]. The third kappa shape index (κ3) is 2.57. The number of hydrogen-bond donors (Lipinski definition) is 0. The summed E-state index contributed by atoms with van der Waals surface area (Å²) in [5, 5.41) is 19.5. The predicted octanol–water partition coefficient (Wildman–Crippen LogP) is 2.94. The number of anilines is 2. The van der Waals surface area contributed by atoms with Crippen molar-refractivity contribution in [2.24, 2.45) is 0 Å². The van der Waals surface area contributed by atoms with Crippen molar-refractivity contribution >= 4 is 17.2 Å². The molecule has 0 amide bonds. The van der Waals surface area contributed by atoms with Crippen LogP contribution in [0.1, 0.15) is 11.1 Å². The Labute approximate surface area is 116 Å². The quantitative estimate of drug-likeness (QED) is 0.631. The van der Waals surface area contributed by atoms with Gasteiger partial charge in [0, 0.05) is 18.3 Å². The van der Waals surface area contributed by atoms with E-state index < -0.39 is 4.92 Å².